The molecule has 0 fully saturated rings. The van der Waals surface area contributed by atoms with E-state index < -0.39 is 21.8 Å². The first-order chi connectivity index (χ1) is 13.8. The zero-order chi connectivity index (χ0) is 20.9. The largest absolute Gasteiger partial charge is 0.366 e. The Kier molecular flexibility index (Phi) is 6.42. The monoisotopic (exact) mass is 429 g/mol. The number of thiophene rings is 1. The first-order valence-electron chi connectivity index (χ1n) is 8.68. The second-order valence-corrected chi connectivity index (χ2v) is 8.95. The van der Waals surface area contributed by atoms with Crippen LogP contribution in [0.5, 0.6) is 0 Å². The van der Waals surface area contributed by atoms with Crippen LogP contribution >= 0.6 is 11.3 Å². The Morgan fingerprint density at radius 2 is 1.59 bits per heavy atom. The molecule has 150 valence electrons. The quantitative estimate of drug-likeness (QED) is 0.510. The number of nitrogens with one attached hydrogen (secondary N) is 2. The van der Waals surface area contributed by atoms with E-state index in [4.69, 9.17) is 5.73 Å². The van der Waals surface area contributed by atoms with E-state index in [1.165, 1.54) is 36.4 Å². The Balaban J connectivity index is 1.60. The normalized spacial score (nSPS) is 11.2. The summed E-state index contributed by atoms with van der Waals surface area (Å²) in [7, 11) is -3.65. The van der Waals surface area contributed by atoms with Crippen molar-refractivity contribution in [2.45, 2.75) is 11.3 Å². The van der Waals surface area contributed by atoms with Gasteiger partial charge in [-0.15, -0.1) is 11.3 Å². The average Bonchev–Trinajstić information content (AvgIpc) is 3.22. The van der Waals surface area contributed by atoms with Gasteiger partial charge in [0.05, 0.1) is 4.90 Å². The van der Waals surface area contributed by atoms with E-state index >= 15 is 0 Å². The van der Waals surface area contributed by atoms with Gasteiger partial charge in [0.25, 0.3) is 5.91 Å². The molecule has 0 atom stereocenters. The maximum atomic E-state index is 12.4. The average molecular weight is 430 g/mol. The van der Waals surface area contributed by atoms with Crippen LogP contribution in [-0.4, -0.2) is 26.8 Å². The maximum Gasteiger partial charge on any atom is 0.255 e. The van der Waals surface area contributed by atoms with Crippen molar-refractivity contribution in [3.63, 3.8) is 0 Å². The lowest BCUT2D eigenvalue weighted by atomic mass is 10.2. The number of amides is 2. The van der Waals surface area contributed by atoms with Gasteiger partial charge in [0, 0.05) is 28.2 Å². The standard InChI is InChI=1S/C20H19N3O4S2/c21-19(24)14-3-7-16(8-4-14)23-20(25)15-5-9-18(10-6-15)29(26,27)22-12-11-17-2-1-13-28-17/h1-10,13,22H,11-12H2,(H2,21,24)(H,23,25). The third-order valence-corrected chi connectivity index (χ3v) is 6.51. The molecule has 3 aromatic rings. The molecule has 1 heterocycles. The molecular weight excluding hydrogens is 410 g/mol. The van der Waals surface area contributed by atoms with Crippen molar-refractivity contribution >= 4 is 38.9 Å². The summed E-state index contributed by atoms with van der Waals surface area (Å²) in [5, 5.41) is 4.62. The Hall–Kier alpha value is -3.01. The summed E-state index contributed by atoms with van der Waals surface area (Å²) in [5.74, 6) is -0.949. The first-order valence-corrected chi connectivity index (χ1v) is 11.0. The Morgan fingerprint density at radius 3 is 2.17 bits per heavy atom. The molecule has 0 saturated heterocycles. The summed E-state index contributed by atoms with van der Waals surface area (Å²) in [6.45, 7) is 0.298. The lowest BCUT2D eigenvalue weighted by Gasteiger charge is -2.08. The highest BCUT2D eigenvalue weighted by Crippen LogP contribution is 2.15. The molecule has 0 unspecified atom stereocenters. The number of carbonyl (C=O) groups excluding carboxylic acids is 2. The fourth-order valence-corrected chi connectivity index (χ4v) is 4.29. The number of benzene rings is 2. The van der Waals surface area contributed by atoms with E-state index in [0.717, 1.165) is 4.88 Å². The number of hydrogen-bond acceptors (Lipinski definition) is 5. The van der Waals surface area contributed by atoms with E-state index in [2.05, 4.69) is 10.0 Å². The van der Waals surface area contributed by atoms with Gasteiger partial charge in [-0.2, -0.15) is 0 Å². The molecule has 2 aromatic carbocycles. The van der Waals surface area contributed by atoms with Crippen LogP contribution in [-0.2, 0) is 16.4 Å². The highest BCUT2D eigenvalue weighted by atomic mass is 32.2. The minimum Gasteiger partial charge on any atom is -0.366 e. The summed E-state index contributed by atoms with van der Waals surface area (Å²) in [6, 6.07) is 15.7. The number of carbonyl (C=O) groups is 2. The summed E-state index contributed by atoms with van der Waals surface area (Å²) in [6.07, 6.45) is 0.617. The first kappa shape index (κ1) is 20.7. The van der Waals surface area contributed by atoms with Gasteiger partial charge in [0.2, 0.25) is 15.9 Å². The van der Waals surface area contributed by atoms with Gasteiger partial charge < -0.3 is 11.1 Å². The lowest BCUT2D eigenvalue weighted by Crippen LogP contribution is -2.26. The Bertz CT molecular complexity index is 1090. The predicted molar refractivity (Wildman–Crippen MR) is 113 cm³/mol. The molecule has 29 heavy (non-hydrogen) atoms. The van der Waals surface area contributed by atoms with Crippen LogP contribution in [0, 0.1) is 0 Å². The van der Waals surface area contributed by atoms with Gasteiger partial charge >= 0.3 is 0 Å². The smallest absolute Gasteiger partial charge is 0.255 e. The van der Waals surface area contributed by atoms with E-state index in [-0.39, 0.29) is 4.90 Å². The van der Waals surface area contributed by atoms with Crippen molar-refractivity contribution in [2.24, 2.45) is 5.73 Å². The van der Waals surface area contributed by atoms with Crippen LogP contribution in [0.25, 0.3) is 0 Å². The number of primary amides is 1. The Morgan fingerprint density at radius 1 is 0.931 bits per heavy atom. The zero-order valence-corrected chi connectivity index (χ0v) is 16.9. The van der Waals surface area contributed by atoms with Crippen molar-refractivity contribution in [1.29, 1.82) is 0 Å². The molecule has 4 N–H and O–H groups in total. The second-order valence-electron chi connectivity index (χ2n) is 6.15. The molecule has 3 rings (SSSR count). The van der Waals surface area contributed by atoms with Gasteiger partial charge in [0.15, 0.2) is 0 Å². The second kappa shape index (κ2) is 8.99. The number of sulfonamides is 1. The number of anilines is 1. The molecular formula is C20H19N3O4S2. The van der Waals surface area contributed by atoms with Crippen LogP contribution in [0.3, 0.4) is 0 Å². The minimum absolute atomic E-state index is 0.0889. The summed E-state index contributed by atoms with van der Waals surface area (Å²) in [5.41, 5.74) is 6.32. The molecule has 0 saturated carbocycles. The zero-order valence-electron chi connectivity index (χ0n) is 15.3. The summed E-state index contributed by atoms with van der Waals surface area (Å²) < 4.78 is 27.3. The van der Waals surface area contributed by atoms with Crippen LogP contribution in [0.4, 0.5) is 5.69 Å². The van der Waals surface area contributed by atoms with Crippen LogP contribution < -0.4 is 15.8 Å². The fraction of sp³-hybridized carbons (Fsp3) is 0.100. The maximum absolute atomic E-state index is 12.4. The number of rotatable bonds is 8. The molecule has 0 radical (unpaired) electrons. The van der Waals surface area contributed by atoms with Gasteiger partial charge in [-0.1, -0.05) is 6.07 Å². The number of hydrogen-bond donors (Lipinski definition) is 3. The van der Waals surface area contributed by atoms with E-state index in [9.17, 15) is 18.0 Å². The highest BCUT2D eigenvalue weighted by molar-refractivity contribution is 7.89. The topological polar surface area (TPSA) is 118 Å². The summed E-state index contributed by atoms with van der Waals surface area (Å²) >= 11 is 1.58. The van der Waals surface area contributed by atoms with E-state index in [1.807, 2.05) is 17.5 Å². The van der Waals surface area contributed by atoms with Crippen molar-refractivity contribution < 1.29 is 18.0 Å². The molecule has 0 spiro atoms. The van der Waals surface area contributed by atoms with Crippen molar-refractivity contribution in [1.82, 2.24) is 4.72 Å². The third-order valence-electron chi connectivity index (χ3n) is 4.10. The SMILES string of the molecule is NC(=O)c1ccc(NC(=O)c2ccc(S(=O)(=O)NCCc3cccs3)cc2)cc1. The third kappa shape index (κ3) is 5.50. The van der Waals surface area contributed by atoms with E-state index in [1.54, 1.807) is 23.5 Å². The molecule has 0 aliphatic rings. The molecule has 0 bridgehead atoms. The predicted octanol–water partition coefficient (Wildman–Crippen LogP) is 2.62. The molecule has 9 heteroatoms. The van der Waals surface area contributed by atoms with Crippen molar-refractivity contribution in [2.75, 3.05) is 11.9 Å². The highest BCUT2D eigenvalue weighted by Gasteiger charge is 2.15. The Labute approximate surface area is 172 Å². The molecule has 0 aliphatic carbocycles. The number of nitrogens with two attached hydrogens (primary N) is 1. The van der Waals surface area contributed by atoms with E-state index in [0.29, 0.717) is 29.8 Å². The van der Waals surface area contributed by atoms with Crippen LogP contribution in [0.1, 0.15) is 25.6 Å². The van der Waals surface area contributed by atoms with Crippen LogP contribution in [0.15, 0.2) is 70.9 Å². The van der Waals surface area contributed by atoms with Gasteiger partial charge in [0.1, 0.15) is 0 Å². The lowest BCUT2D eigenvalue weighted by molar-refractivity contribution is 0.0998. The van der Waals surface area contributed by atoms with Crippen molar-refractivity contribution in [3.05, 3.63) is 82.0 Å². The van der Waals surface area contributed by atoms with Crippen LogP contribution in [0.2, 0.25) is 0 Å². The minimum atomic E-state index is -3.65. The van der Waals surface area contributed by atoms with Gasteiger partial charge in [-0.05, 0) is 66.4 Å². The molecule has 1 aromatic heterocycles. The van der Waals surface area contributed by atoms with Gasteiger partial charge in [-0.3, -0.25) is 9.59 Å². The molecule has 0 aliphatic heterocycles. The fourth-order valence-electron chi connectivity index (χ4n) is 2.55. The van der Waals surface area contributed by atoms with Gasteiger partial charge in [-0.25, -0.2) is 13.1 Å². The van der Waals surface area contributed by atoms with Crippen molar-refractivity contribution in [3.8, 4) is 0 Å². The molecule has 7 nitrogen and oxygen atoms in total. The molecule has 2 amide bonds. The summed E-state index contributed by atoms with van der Waals surface area (Å²) in [4.78, 5) is 24.6.